The summed E-state index contributed by atoms with van der Waals surface area (Å²) in [5, 5.41) is 18.1. The Morgan fingerprint density at radius 1 is 1.27 bits per heavy atom. The van der Waals surface area contributed by atoms with Gasteiger partial charge in [-0.15, -0.1) is 10.2 Å². The van der Waals surface area contributed by atoms with Crippen molar-refractivity contribution in [3.05, 3.63) is 24.3 Å². The second-order valence-electron chi connectivity index (χ2n) is 6.52. The zero-order chi connectivity index (χ0) is 18.5. The van der Waals surface area contributed by atoms with Crippen molar-refractivity contribution in [1.82, 2.24) is 14.8 Å². The molecule has 1 unspecified atom stereocenters. The highest BCUT2D eigenvalue weighted by Gasteiger charge is 2.26. The minimum absolute atomic E-state index is 0.323. The average molecular weight is 375 g/mol. The van der Waals surface area contributed by atoms with Crippen molar-refractivity contribution in [2.45, 2.75) is 62.4 Å². The smallest absolute Gasteiger partial charge is 0.316 e. The van der Waals surface area contributed by atoms with Crippen LogP contribution < -0.4 is 4.74 Å². The second kappa shape index (κ2) is 8.58. The van der Waals surface area contributed by atoms with Gasteiger partial charge in [-0.1, -0.05) is 31.0 Å². The molecule has 1 heterocycles. The number of ether oxygens (including phenoxy) is 1. The quantitative estimate of drug-likeness (QED) is 0.722. The van der Waals surface area contributed by atoms with E-state index in [1.54, 1.807) is 6.92 Å². The van der Waals surface area contributed by atoms with E-state index in [-0.39, 0.29) is 0 Å². The summed E-state index contributed by atoms with van der Waals surface area (Å²) in [4.78, 5) is 11.3. The van der Waals surface area contributed by atoms with E-state index in [1.165, 1.54) is 31.0 Å². The largest absolute Gasteiger partial charge is 0.494 e. The fourth-order valence-electron chi connectivity index (χ4n) is 3.30. The molecular formula is C19H25N3O3S. The van der Waals surface area contributed by atoms with Gasteiger partial charge in [-0.25, -0.2) is 0 Å². The standard InChI is InChI=1S/C19H25N3O3S/c1-3-25-16-11-9-14(10-12-16)17-20-21-19(26-13(2)18(23)24)22(17)15-7-5-4-6-8-15/h9-13,15H,3-8H2,1-2H3,(H,23,24). The zero-order valence-electron chi connectivity index (χ0n) is 15.2. The number of hydrogen-bond acceptors (Lipinski definition) is 5. The number of rotatable bonds is 7. The summed E-state index contributed by atoms with van der Waals surface area (Å²) in [6.45, 7) is 4.27. The van der Waals surface area contributed by atoms with Gasteiger partial charge in [-0.3, -0.25) is 9.36 Å². The molecule has 1 aliphatic rings. The van der Waals surface area contributed by atoms with Crippen LogP contribution in [0.3, 0.4) is 0 Å². The molecule has 1 fully saturated rings. The van der Waals surface area contributed by atoms with Gasteiger partial charge in [-0.2, -0.15) is 0 Å². The summed E-state index contributed by atoms with van der Waals surface area (Å²) in [6, 6.07) is 8.17. The molecule has 7 heteroatoms. The number of thioether (sulfide) groups is 1. The molecule has 3 rings (SSSR count). The van der Waals surface area contributed by atoms with Crippen LogP contribution >= 0.6 is 11.8 Å². The molecule has 1 N–H and O–H groups in total. The minimum atomic E-state index is -0.837. The molecule has 1 atom stereocenters. The Balaban J connectivity index is 1.95. The van der Waals surface area contributed by atoms with Crippen molar-refractivity contribution in [2.75, 3.05) is 6.61 Å². The molecule has 140 valence electrons. The van der Waals surface area contributed by atoms with Gasteiger partial charge < -0.3 is 9.84 Å². The van der Waals surface area contributed by atoms with Crippen molar-refractivity contribution in [3.8, 4) is 17.1 Å². The number of hydrogen-bond donors (Lipinski definition) is 1. The van der Waals surface area contributed by atoms with E-state index < -0.39 is 11.2 Å². The number of aromatic nitrogens is 3. The number of carboxylic acid groups (broad SMARTS) is 1. The van der Waals surface area contributed by atoms with E-state index in [4.69, 9.17) is 4.74 Å². The van der Waals surface area contributed by atoms with Crippen LogP contribution in [0.5, 0.6) is 5.75 Å². The van der Waals surface area contributed by atoms with Gasteiger partial charge in [0.2, 0.25) is 0 Å². The van der Waals surface area contributed by atoms with Gasteiger partial charge in [-0.05, 0) is 51.0 Å². The van der Waals surface area contributed by atoms with Crippen LogP contribution in [-0.2, 0) is 4.79 Å². The average Bonchev–Trinajstić information content (AvgIpc) is 3.06. The van der Waals surface area contributed by atoms with Crippen molar-refractivity contribution >= 4 is 17.7 Å². The second-order valence-corrected chi connectivity index (χ2v) is 7.83. The SMILES string of the molecule is CCOc1ccc(-c2nnc(SC(C)C(=O)O)n2C2CCCCC2)cc1. The molecule has 0 bridgehead atoms. The number of aliphatic carboxylic acids is 1. The van der Waals surface area contributed by atoms with Crippen LogP contribution in [0, 0.1) is 0 Å². The lowest BCUT2D eigenvalue weighted by Gasteiger charge is -2.26. The van der Waals surface area contributed by atoms with Gasteiger partial charge in [0.15, 0.2) is 11.0 Å². The van der Waals surface area contributed by atoms with Gasteiger partial charge in [0, 0.05) is 11.6 Å². The van der Waals surface area contributed by atoms with Gasteiger partial charge in [0.1, 0.15) is 11.0 Å². The third kappa shape index (κ3) is 4.20. The summed E-state index contributed by atoms with van der Waals surface area (Å²) in [5.74, 6) is 0.796. The maximum Gasteiger partial charge on any atom is 0.316 e. The molecular weight excluding hydrogens is 350 g/mol. The monoisotopic (exact) mass is 375 g/mol. The predicted molar refractivity (Wildman–Crippen MR) is 102 cm³/mol. The van der Waals surface area contributed by atoms with Crippen molar-refractivity contribution in [2.24, 2.45) is 0 Å². The molecule has 6 nitrogen and oxygen atoms in total. The summed E-state index contributed by atoms with van der Waals surface area (Å²) in [7, 11) is 0. The summed E-state index contributed by atoms with van der Waals surface area (Å²) in [6.07, 6.45) is 5.79. The van der Waals surface area contributed by atoms with Crippen LogP contribution in [0.2, 0.25) is 0 Å². The molecule has 1 saturated carbocycles. The highest BCUT2D eigenvalue weighted by atomic mass is 32.2. The highest BCUT2D eigenvalue weighted by molar-refractivity contribution is 8.00. The van der Waals surface area contributed by atoms with Gasteiger partial charge in [0.05, 0.1) is 6.61 Å². The topological polar surface area (TPSA) is 77.2 Å². The molecule has 1 aliphatic carbocycles. The first-order valence-electron chi connectivity index (χ1n) is 9.17. The maximum absolute atomic E-state index is 11.3. The van der Waals surface area contributed by atoms with E-state index in [1.807, 2.05) is 31.2 Å². The van der Waals surface area contributed by atoms with Crippen LogP contribution in [0.25, 0.3) is 11.4 Å². The van der Waals surface area contributed by atoms with Crippen LogP contribution in [0.4, 0.5) is 0 Å². The third-order valence-electron chi connectivity index (χ3n) is 4.66. The molecule has 1 aromatic carbocycles. The normalized spacial score (nSPS) is 16.4. The zero-order valence-corrected chi connectivity index (χ0v) is 16.0. The molecule has 26 heavy (non-hydrogen) atoms. The van der Waals surface area contributed by atoms with Crippen LogP contribution in [0.1, 0.15) is 52.0 Å². The lowest BCUT2D eigenvalue weighted by molar-refractivity contribution is -0.136. The Morgan fingerprint density at radius 2 is 1.96 bits per heavy atom. The van der Waals surface area contributed by atoms with Crippen LogP contribution in [-0.4, -0.2) is 37.7 Å². The molecule has 2 aromatic rings. The van der Waals surface area contributed by atoms with Crippen molar-refractivity contribution in [1.29, 1.82) is 0 Å². The first-order valence-corrected chi connectivity index (χ1v) is 10.1. The van der Waals surface area contributed by atoms with E-state index in [0.29, 0.717) is 17.8 Å². The molecule has 0 spiro atoms. The van der Waals surface area contributed by atoms with Crippen LogP contribution in [0.15, 0.2) is 29.4 Å². The Bertz CT molecular complexity index is 739. The van der Waals surface area contributed by atoms with Crippen molar-refractivity contribution < 1.29 is 14.6 Å². The first kappa shape index (κ1) is 18.8. The fraction of sp³-hybridized carbons (Fsp3) is 0.526. The lowest BCUT2D eigenvalue weighted by Crippen LogP contribution is -2.17. The fourth-order valence-corrected chi connectivity index (χ4v) is 4.15. The molecule has 1 aromatic heterocycles. The number of nitrogens with zero attached hydrogens (tertiary/aromatic N) is 3. The first-order chi connectivity index (χ1) is 12.6. The minimum Gasteiger partial charge on any atom is -0.494 e. The summed E-state index contributed by atoms with van der Waals surface area (Å²) >= 11 is 1.26. The van der Waals surface area contributed by atoms with E-state index in [0.717, 1.165) is 30.0 Å². The molecule has 0 aliphatic heterocycles. The Hall–Kier alpha value is -2.02. The summed E-state index contributed by atoms with van der Waals surface area (Å²) < 4.78 is 7.67. The van der Waals surface area contributed by atoms with E-state index in [2.05, 4.69) is 14.8 Å². The highest BCUT2D eigenvalue weighted by Crippen LogP contribution is 2.36. The number of carbonyl (C=O) groups is 1. The molecule has 0 amide bonds. The maximum atomic E-state index is 11.3. The molecule has 0 saturated heterocycles. The third-order valence-corrected chi connectivity index (χ3v) is 5.70. The van der Waals surface area contributed by atoms with Gasteiger partial charge >= 0.3 is 5.97 Å². The lowest BCUT2D eigenvalue weighted by atomic mass is 9.95. The van der Waals surface area contributed by atoms with Crippen molar-refractivity contribution in [3.63, 3.8) is 0 Å². The van der Waals surface area contributed by atoms with E-state index in [9.17, 15) is 9.90 Å². The number of benzene rings is 1. The Labute approximate surface area is 158 Å². The number of carboxylic acids is 1. The Morgan fingerprint density at radius 3 is 2.58 bits per heavy atom. The summed E-state index contributed by atoms with van der Waals surface area (Å²) in [5.41, 5.74) is 0.973. The Kier molecular flexibility index (Phi) is 6.19. The van der Waals surface area contributed by atoms with E-state index >= 15 is 0 Å². The van der Waals surface area contributed by atoms with Gasteiger partial charge in [0.25, 0.3) is 0 Å². The molecule has 0 radical (unpaired) electrons. The predicted octanol–water partition coefficient (Wildman–Crippen LogP) is 4.41.